The normalized spacial score (nSPS) is 29.6. The Kier molecular flexibility index (Phi) is 3.19. The highest BCUT2D eigenvalue weighted by Crippen LogP contribution is 2.31. The quantitative estimate of drug-likeness (QED) is 0.408. The number of oxime groups is 1. The van der Waals surface area contributed by atoms with Crippen LogP contribution in [-0.4, -0.2) is 41.9 Å². The second-order valence-electron chi connectivity index (χ2n) is 3.29. The Hall–Kier alpha value is -0.710. The van der Waals surface area contributed by atoms with Gasteiger partial charge < -0.3 is 5.21 Å². The fraction of sp³-hybridized carbons (Fsp3) is 0.875. The molecule has 0 amide bonds. The van der Waals surface area contributed by atoms with E-state index in [1.54, 1.807) is 4.90 Å². The average Bonchev–Trinajstić information content (AvgIpc) is 2.08. The van der Waals surface area contributed by atoms with Crippen molar-refractivity contribution >= 4 is 6.21 Å². The summed E-state index contributed by atoms with van der Waals surface area (Å²) in [5, 5.41) is 10.9. The van der Waals surface area contributed by atoms with E-state index in [9.17, 15) is 8.78 Å². The number of alkyl halides is 2. The fourth-order valence-electron chi connectivity index (χ4n) is 1.56. The minimum Gasteiger partial charge on any atom is -0.411 e. The smallest absolute Gasteiger partial charge is 0.268 e. The van der Waals surface area contributed by atoms with Crippen LogP contribution in [0.5, 0.6) is 0 Å². The molecule has 1 N–H and O–H groups in total. The minimum absolute atomic E-state index is 0.236. The maximum absolute atomic E-state index is 13.2. The SMILES string of the molecule is CCN1CCC(C=NO)C(F)(F)C1. The van der Waals surface area contributed by atoms with Gasteiger partial charge in [-0.3, -0.25) is 4.90 Å². The van der Waals surface area contributed by atoms with Crippen LogP contribution in [0.15, 0.2) is 5.16 Å². The van der Waals surface area contributed by atoms with Crippen LogP contribution >= 0.6 is 0 Å². The number of hydrogen-bond acceptors (Lipinski definition) is 3. The Balaban J connectivity index is 2.61. The average molecular weight is 192 g/mol. The maximum atomic E-state index is 13.2. The van der Waals surface area contributed by atoms with Gasteiger partial charge in [0.15, 0.2) is 0 Å². The predicted octanol–water partition coefficient (Wildman–Crippen LogP) is 1.42. The van der Waals surface area contributed by atoms with Crippen molar-refractivity contribution in [3.63, 3.8) is 0 Å². The highest BCUT2D eigenvalue weighted by molar-refractivity contribution is 5.61. The molecular weight excluding hydrogens is 178 g/mol. The zero-order valence-corrected chi connectivity index (χ0v) is 7.58. The number of halogens is 2. The first-order chi connectivity index (χ1) is 6.10. The van der Waals surface area contributed by atoms with Crippen LogP contribution in [0.2, 0.25) is 0 Å². The molecule has 0 aliphatic carbocycles. The van der Waals surface area contributed by atoms with Gasteiger partial charge in [0.25, 0.3) is 5.92 Å². The monoisotopic (exact) mass is 192 g/mol. The van der Waals surface area contributed by atoms with E-state index in [4.69, 9.17) is 5.21 Å². The summed E-state index contributed by atoms with van der Waals surface area (Å²) in [6.07, 6.45) is 1.29. The first-order valence-corrected chi connectivity index (χ1v) is 4.38. The second-order valence-corrected chi connectivity index (χ2v) is 3.29. The molecule has 3 nitrogen and oxygen atoms in total. The molecule has 1 aliphatic heterocycles. The summed E-state index contributed by atoms with van der Waals surface area (Å²) in [6.45, 7) is 2.90. The van der Waals surface area contributed by atoms with E-state index < -0.39 is 11.8 Å². The lowest BCUT2D eigenvalue weighted by Gasteiger charge is -2.35. The molecule has 0 aromatic heterocycles. The van der Waals surface area contributed by atoms with Crippen LogP contribution in [0.4, 0.5) is 8.78 Å². The maximum Gasteiger partial charge on any atom is 0.268 e. The molecule has 1 saturated heterocycles. The van der Waals surface area contributed by atoms with E-state index in [0.717, 1.165) is 6.21 Å². The van der Waals surface area contributed by atoms with Gasteiger partial charge in [-0.05, 0) is 19.5 Å². The second kappa shape index (κ2) is 4.00. The van der Waals surface area contributed by atoms with Gasteiger partial charge in [0.05, 0.1) is 18.7 Å². The van der Waals surface area contributed by atoms with Gasteiger partial charge in [-0.15, -0.1) is 5.16 Å². The molecule has 1 fully saturated rings. The number of nitrogens with zero attached hydrogens (tertiary/aromatic N) is 2. The Labute approximate surface area is 76.0 Å². The Morgan fingerprint density at radius 3 is 2.85 bits per heavy atom. The van der Waals surface area contributed by atoms with E-state index in [-0.39, 0.29) is 6.54 Å². The van der Waals surface area contributed by atoms with Crippen LogP contribution in [0.3, 0.4) is 0 Å². The fourth-order valence-corrected chi connectivity index (χ4v) is 1.56. The molecule has 0 aromatic carbocycles. The van der Waals surface area contributed by atoms with Crippen molar-refractivity contribution < 1.29 is 14.0 Å². The number of piperidine rings is 1. The molecule has 1 heterocycles. The summed E-state index contributed by atoms with van der Waals surface area (Å²) in [7, 11) is 0. The lowest BCUT2D eigenvalue weighted by Crippen LogP contribution is -2.48. The summed E-state index contributed by atoms with van der Waals surface area (Å²) in [5.41, 5.74) is 0. The molecule has 1 aliphatic rings. The molecule has 0 bridgehead atoms. The van der Waals surface area contributed by atoms with Gasteiger partial charge in [-0.25, -0.2) is 8.78 Å². The first-order valence-electron chi connectivity index (χ1n) is 4.38. The topological polar surface area (TPSA) is 35.8 Å². The Morgan fingerprint density at radius 1 is 1.69 bits per heavy atom. The molecule has 0 radical (unpaired) electrons. The highest BCUT2D eigenvalue weighted by Gasteiger charge is 2.43. The van der Waals surface area contributed by atoms with Crippen molar-refractivity contribution in [2.45, 2.75) is 19.3 Å². The molecule has 76 valence electrons. The largest absolute Gasteiger partial charge is 0.411 e. The zero-order chi connectivity index (χ0) is 9.90. The summed E-state index contributed by atoms with van der Waals surface area (Å²) < 4.78 is 26.5. The summed E-state index contributed by atoms with van der Waals surface area (Å²) in [4.78, 5) is 1.70. The first kappa shape index (κ1) is 10.4. The molecule has 0 saturated carbocycles. The van der Waals surface area contributed by atoms with Gasteiger partial charge in [0, 0.05) is 0 Å². The van der Waals surface area contributed by atoms with E-state index in [1.165, 1.54) is 0 Å². The van der Waals surface area contributed by atoms with Gasteiger partial charge in [0.2, 0.25) is 0 Å². The van der Waals surface area contributed by atoms with E-state index in [0.29, 0.717) is 19.5 Å². The molecular formula is C8H14F2N2O. The van der Waals surface area contributed by atoms with Gasteiger partial charge in [0.1, 0.15) is 0 Å². The van der Waals surface area contributed by atoms with Crippen molar-refractivity contribution in [2.75, 3.05) is 19.6 Å². The van der Waals surface area contributed by atoms with Crippen LogP contribution in [0.25, 0.3) is 0 Å². The summed E-state index contributed by atoms with van der Waals surface area (Å²) in [5.74, 6) is -3.68. The molecule has 1 unspecified atom stereocenters. The molecule has 0 aromatic rings. The van der Waals surface area contributed by atoms with Gasteiger partial charge >= 0.3 is 0 Å². The summed E-state index contributed by atoms with van der Waals surface area (Å²) in [6, 6.07) is 0. The molecule has 1 atom stereocenters. The summed E-state index contributed by atoms with van der Waals surface area (Å²) >= 11 is 0. The zero-order valence-electron chi connectivity index (χ0n) is 7.58. The van der Waals surface area contributed by atoms with Gasteiger partial charge in [-0.2, -0.15) is 0 Å². The highest BCUT2D eigenvalue weighted by atomic mass is 19.3. The van der Waals surface area contributed by atoms with E-state index in [1.807, 2.05) is 6.92 Å². The van der Waals surface area contributed by atoms with Crippen LogP contribution < -0.4 is 0 Å². The van der Waals surface area contributed by atoms with Crippen molar-refractivity contribution in [2.24, 2.45) is 11.1 Å². The standard InChI is InChI=1S/C8H14F2N2O/c1-2-12-4-3-7(5-11-13)8(9,10)6-12/h5,7,13H,2-4,6H2,1H3. The molecule has 13 heavy (non-hydrogen) atoms. The third-order valence-corrected chi connectivity index (χ3v) is 2.43. The third kappa shape index (κ3) is 2.37. The van der Waals surface area contributed by atoms with Crippen LogP contribution in [-0.2, 0) is 0 Å². The van der Waals surface area contributed by atoms with Crippen molar-refractivity contribution in [1.29, 1.82) is 0 Å². The minimum atomic E-state index is -2.76. The van der Waals surface area contributed by atoms with Crippen molar-refractivity contribution in [1.82, 2.24) is 4.90 Å². The number of rotatable bonds is 2. The molecule has 0 spiro atoms. The van der Waals surface area contributed by atoms with Gasteiger partial charge in [-0.1, -0.05) is 6.92 Å². The molecule has 5 heteroatoms. The van der Waals surface area contributed by atoms with E-state index in [2.05, 4.69) is 5.16 Å². The van der Waals surface area contributed by atoms with Crippen molar-refractivity contribution in [3.05, 3.63) is 0 Å². The van der Waals surface area contributed by atoms with E-state index >= 15 is 0 Å². The predicted molar refractivity (Wildman–Crippen MR) is 45.4 cm³/mol. The number of hydrogen-bond donors (Lipinski definition) is 1. The number of likely N-dealkylation sites (tertiary alicyclic amines) is 1. The Morgan fingerprint density at radius 2 is 2.38 bits per heavy atom. The van der Waals surface area contributed by atoms with Crippen molar-refractivity contribution in [3.8, 4) is 0 Å². The lowest BCUT2D eigenvalue weighted by molar-refractivity contribution is -0.0856. The van der Waals surface area contributed by atoms with Crippen LogP contribution in [0.1, 0.15) is 13.3 Å². The lowest BCUT2D eigenvalue weighted by atomic mass is 9.94. The Bertz CT molecular complexity index is 197. The third-order valence-electron chi connectivity index (χ3n) is 2.43. The van der Waals surface area contributed by atoms with Crippen LogP contribution in [0, 0.1) is 5.92 Å². The molecule has 1 rings (SSSR count).